The maximum atomic E-state index is 13.4. The number of non-ortho nitro benzene ring substituents is 1. The Labute approximate surface area is 111 Å². The van der Waals surface area contributed by atoms with Gasteiger partial charge in [0.1, 0.15) is 16.8 Å². The van der Waals surface area contributed by atoms with Gasteiger partial charge in [0.2, 0.25) is 10.0 Å². The number of aliphatic carboxylic acids is 1. The lowest BCUT2D eigenvalue weighted by Gasteiger charge is -2.12. The number of aliphatic hydroxyl groups is 1. The van der Waals surface area contributed by atoms with E-state index in [1.165, 1.54) is 4.72 Å². The summed E-state index contributed by atoms with van der Waals surface area (Å²) in [5.74, 6) is -2.97. The van der Waals surface area contributed by atoms with E-state index in [9.17, 15) is 27.7 Å². The van der Waals surface area contributed by atoms with Gasteiger partial charge in [-0.05, 0) is 6.07 Å². The molecule has 0 spiro atoms. The van der Waals surface area contributed by atoms with Gasteiger partial charge < -0.3 is 10.2 Å². The molecule has 11 heteroatoms. The maximum Gasteiger partial charge on any atom is 0.324 e. The predicted octanol–water partition coefficient (Wildman–Crippen LogP) is -0.542. The van der Waals surface area contributed by atoms with Gasteiger partial charge in [-0.25, -0.2) is 12.8 Å². The van der Waals surface area contributed by atoms with Crippen LogP contribution in [0.2, 0.25) is 0 Å². The summed E-state index contributed by atoms with van der Waals surface area (Å²) in [6.45, 7) is -1.06. The van der Waals surface area contributed by atoms with Crippen LogP contribution in [-0.4, -0.2) is 42.2 Å². The van der Waals surface area contributed by atoms with Crippen LogP contribution in [0.5, 0.6) is 0 Å². The molecule has 0 aliphatic carbocycles. The summed E-state index contributed by atoms with van der Waals surface area (Å²) in [5, 5.41) is 27.8. The summed E-state index contributed by atoms with van der Waals surface area (Å²) in [7, 11) is -4.67. The van der Waals surface area contributed by atoms with Crippen molar-refractivity contribution in [2.24, 2.45) is 0 Å². The quantitative estimate of drug-likeness (QED) is 0.472. The normalized spacial score (nSPS) is 12.9. The first-order chi connectivity index (χ1) is 9.19. The number of nitro groups is 1. The number of aliphatic hydroxyl groups excluding tert-OH is 1. The van der Waals surface area contributed by atoms with Crippen LogP contribution in [0.25, 0.3) is 0 Å². The Hall–Kier alpha value is -2.11. The molecule has 0 aromatic heterocycles. The zero-order valence-corrected chi connectivity index (χ0v) is 10.5. The zero-order valence-electron chi connectivity index (χ0n) is 9.69. The Morgan fingerprint density at radius 3 is 2.55 bits per heavy atom. The number of nitrogens with one attached hydrogen (secondary N) is 1. The van der Waals surface area contributed by atoms with Crippen molar-refractivity contribution in [2.45, 2.75) is 10.9 Å². The Balaban J connectivity index is 3.24. The highest BCUT2D eigenvalue weighted by Crippen LogP contribution is 2.21. The topological polar surface area (TPSA) is 147 Å². The summed E-state index contributed by atoms with van der Waals surface area (Å²) in [5.41, 5.74) is -0.678. The lowest BCUT2D eigenvalue weighted by Crippen LogP contribution is -2.43. The molecule has 110 valence electrons. The molecule has 3 N–H and O–H groups in total. The van der Waals surface area contributed by atoms with Crippen LogP contribution in [0.4, 0.5) is 10.1 Å². The highest BCUT2D eigenvalue weighted by atomic mass is 32.2. The van der Waals surface area contributed by atoms with Gasteiger partial charge in [-0.3, -0.25) is 14.9 Å². The Bertz CT molecular complexity index is 646. The van der Waals surface area contributed by atoms with Crippen molar-refractivity contribution in [1.82, 2.24) is 4.72 Å². The predicted molar refractivity (Wildman–Crippen MR) is 61.9 cm³/mol. The van der Waals surface area contributed by atoms with E-state index in [-0.39, 0.29) is 0 Å². The molecule has 1 atom stereocenters. The van der Waals surface area contributed by atoms with E-state index in [4.69, 9.17) is 10.2 Å². The minimum absolute atomic E-state index is 0.452. The molecule has 1 aromatic carbocycles. The van der Waals surface area contributed by atoms with Crippen molar-refractivity contribution in [3.8, 4) is 0 Å². The van der Waals surface area contributed by atoms with Gasteiger partial charge >= 0.3 is 5.97 Å². The van der Waals surface area contributed by atoms with Gasteiger partial charge in [0, 0.05) is 12.1 Å². The fourth-order valence-electron chi connectivity index (χ4n) is 1.23. The Morgan fingerprint density at radius 2 is 2.10 bits per heavy atom. The number of sulfonamides is 1. The second-order valence-corrected chi connectivity index (χ2v) is 5.25. The van der Waals surface area contributed by atoms with Crippen molar-refractivity contribution < 1.29 is 32.7 Å². The summed E-state index contributed by atoms with van der Waals surface area (Å²) < 4.78 is 38.5. The van der Waals surface area contributed by atoms with Crippen LogP contribution >= 0.6 is 0 Å². The highest BCUT2D eigenvalue weighted by Gasteiger charge is 2.28. The highest BCUT2D eigenvalue weighted by molar-refractivity contribution is 7.89. The zero-order chi connectivity index (χ0) is 15.5. The van der Waals surface area contributed by atoms with Gasteiger partial charge in [-0.1, -0.05) is 0 Å². The molecule has 0 amide bonds. The molecule has 1 unspecified atom stereocenters. The Morgan fingerprint density at radius 1 is 1.50 bits per heavy atom. The molecule has 0 saturated carbocycles. The third kappa shape index (κ3) is 3.46. The number of carboxylic acid groups (broad SMARTS) is 1. The average Bonchev–Trinajstić information content (AvgIpc) is 2.35. The van der Waals surface area contributed by atoms with Crippen LogP contribution in [0.3, 0.4) is 0 Å². The van der Waals surface area contributed by atoms with E-state index in [2.05, 4.69) is 0 Å². The SMILES string of the molecule is O=C(O)C(CO)NS(=O)(=O)c1cc([N+](=O)[O-])ccc1F. The molecular weight excluding hydrogens is 299 g/mol. The Kier molecular flexibility index (Phi) is 4.70. The van der Waals surface area contributed by atoms with E-state index in [1.807, 2.05) is 0 Å². The molecule has 1 rings (SSSR count). The first kappa shape index (κ1) is 15.9. The molecule has 20 heavy (non-hydrogen) atoms. The molecule has 1 aromatic rings. The number of benzene rings is 1. The van der Waals surface area contributed by atoms with Gasteiger partial charge in [0.15, 0.2) is 0 Å². The third-order valence-electron chi connectivity index (χ3n) is 2.19. The summed E-state index contributed by atoms with van der Waals surface area (Å²) in [4.78, 5) is 19.1. The fraction of sp³-hybridized carbons (Fsp3) is 0.222. The van der Waals surface area contributed by atoms with Crippen LogP contribution in [-0.2, 0) is 14.8 Å². The number of carboxylic acids is 1. The van der Waals surface area contributed by atoms with Gasteiger partial charge in [-0.15, -0.1) is 0 Å². The molecule has 0 saturated heterocycles. The maximum absolute atomic E-state index is 13.4. The molecule has 0 aliphatic rings. The van der Waals surface area contributed by atoms with Crippen LogP contribution < -0.4 is 4.72 Å². The standard InChI is InChI=1S/C9H9FN2O7S/c10-6-2-1-5(12(16)17)3-8(6)20(18,19)11-7(4-13)9(14)15/h1-3,7,11,13H,4H2,(H,14,15). The van der Waals surface area contributed by atoms with E-state index in [0.717, 1.165) is 6.07 Å². The molecule has 0 heterocycles. The van der Waals surface area contributed by atoms with E-state index in [1.54, 1.807) is 0 Å². The summed E-state index contributed by atoms with van der Waals surface area (Å²) >= 11 is 0. The second kappa shape index (κ2) is 5.90. The largest absolute Gasteiger partial charge is 0.480 e. The van der Waals surface area contributed by atoms with Gasteiger partial charge in [0.25, 0.3) is 5.69 Å². The van der Waals surface area contributed by atoms with Crippen LogP contribution in [0.15, 0.2) is 23.1 Å². The van der Waals surface area contributed by atoms with Crippen molar-refractivity contribution in [2.75, 3.05) is 6.61 Å². The molecular formula is C9H9FN2O7S. The van der Waals surface area contributed by atoms with Crippen molar-refractivity contribution >= 4 is 21.7 Å². The molecule has 0 aliphatic heterocycles. The fourth-order valence-corrected chi connectivity index (χ4v) is 2.51. The van der Waals surface area contributed by atoms with Crippen molar-refractivity contribution in [3.05, 3.63) is 34.1 Å². The number of halogens is 1. The van der Waals surface area contributed by atoms with E-state index < -0.39 is 50.0 Å². The molecule has 9 nitrogen and oxygen atoms in total. The number of hydrogen-bond acceptors (Lipinski definition) is 6. The molecule has 0 fully saturated rings. The molecule has 0 bridgehead atoms. The number of carbonyl (C=O) groups is 1. The minimum atomic E-state index is -4.67. The van der Waals surface area contributed by atoms with E-state index >= 15 is 0 Å². The average molecular weight is 308 g/mol. The first-order valence-electron chi connectivity index (χ1n) is 4.99. The number of nitrogens with zero attached hydrogens (tertiary/aromatic N) is 1. The smallest absolute Gasteiger partial charge is 0.324 e. The molecule has 0 radical (unpaired) electrons. The van der Waals surface area contributed by atoms with Gasteiger partial charge in [-0.2, -0.15) is 4.72 Å². The van der Waals surface area contributed by atoms with Crippen LogP contribution in [0, 0.1) is 15.9 Å². The van der Waals surface area contributed by atoms with Crippen molar-refractivity contribution in [1.29, 1.82) is 0 Å². The van der Waals surface area contributed by atoms with E-state index in [0.29, 0.717) is 12.1 Å². The van der Waals surface area contributed by atoms with Gasteiger partial charge in [0.05, 0.1) is 11.5 Å². The third-order valence-corrected chi connectivity index (χ3v) is 3.68. The monoisotopic (exact) mass is 308 g/mol. The lowest BCUT2D eigenvalue weighted by atomic mass is 10.3. The second-order valence-electron chi connectivity index (χ2n) is 3.57. The summed E-state index contributed by atoms with van der Waals surface area (Å²) in [6, 6.07) is -0.108. The van der Waals surface area contributed by atoms with Crippen molar-refractivity contribution in [3.63, 3.8) is 0 Å². The minimum Gasteiger partial charge on any atom is -0.480 e. The number of rotatable bonds is 6. The summed E-state index contributed by atoms with van der Waals surface area (Å²) in [6.07, 6.45) is 0. The van der Waals surface area contributed by atoms with Crippen LogP contribution in [0.1, 0.15) is 0 Å². The number of hydrogen-bond donors (Lipinski definition) is 3. The number of nitro benzene ring substituents is 1. The first-order valence-corrected chi connectivity index (χ1v) is 6.47. The lowest BCUT2D eigenvalue weighted by molar-refractivity contribution is -0.385.